The van der Waals surface area contributed by atoms with Gasteiger partial charge in [0.05, 0.1) is 5.75 Å². The number of nitrogens with one attached hydrogen (secondary N) is 2. The minimum Gasteiger partial charge on any atom is -0.310 e. The van der Waals surface area contributed by atoms with Gasteiger partial charge in [-0.3, -0.25) is 0 Å². The van der Waals surface area contributed by atoms with E-state index in [1.165, 1.54) is 23.4 Å². The molecular weight excluding hydrogens is 262 g/mol. The second kappa shape index (κ2) is 6.00. The second-order valence-electron chi connectivity index (χ2n) is 5.22. The highest BCUT2D eigenvalue weighted by Gasteiger charge is 2.19. The number of sulfonamides is 1. The molecule has 0 heterocycles. The summed E-state index contributed by atoms with van der Waals surface area (Å²) in [5.74, 6) is 0.00150. The quantitative estimate of drug-likeness (QED) is 0.728. The summed E-state index contributed by atoms with van der Waals surface area (Å²) in [5, 5.41) is 4.86. The topological polar surface area (TPSA) is 61.4 Å². The van der Waals surface area contributed by atoms with Gasteiger partial charge >= 0.3 is 0 Å². The Kier molecular flexibility index (Phi) is 4.57. The normalized spacial score (nSPS) is 15.9. The third-order valence-corrected chi connectivity index (χ3v) is 4.23. The van der Waals surface area contributed by atoms with Gasteiger partial charge in [-0.25, -0.2) is 13.4 Å². The Labute approximate surface area is 115 Å². The Morgan fingerprint density at radius 1 is 1.16 bits per heavy atom. The fraction of sp³-hybridized carbons (Fsp3) is 0.538. The van der Waals surface area contributed by atoms with Crippen molar-refractivity contribution in [1.82, 2.24) is 15.2 Å². The molecule has 2 rings (SSSR count). The molecule has 0 atom stereocenters. The second-order valence-corrected chi connectivity index (χ2v) is 6.92. The van der Waals surface area contributed by atoms with Crippen molar-refractivity contribution in [3.05, 3.63) is 35.4 Å². The monoisotopic (exact) mass is 283 g/mol. The molecule has 0 bridgehead atoms. The van der Waals surface area contributed by atoms with Gasteiger partial charge in [-0.2, -0.15) is 0 Å². The summed E-state index contributed by atoms with van der Waals surface area (Å²) in [4.78, 5) is 2.42. The van der Waals surface area contributed by atoms with Crippen molar-refractivity contribution in [2.75, 3.05) is 14.1 Å². The van der Waals surface area contributed by atoms with Crippen LogP contribution in [0.15, 0.2) is 24.3 Å². The molecule has 1 saturated carbocycles. The molecule has 0 spiro atoms. The van der Waals surface area contributed by atoms with Crippen LogP contribution in [0, 0.1) is 0 Å². The highest BCUT2D eigenvalue weighted by molar-refractivity contribution is 7.88. The van der Waals surface area contributed by atoms with Crippen LogP contribution in [0.25, 0.3) is 0 Å². The Balaban J connectivity index is 1.90. The van der Waals surface area contributed by atoms with Crippen molar-refractivity contribution in [3.8, 4) is 0 Å². The highest BCUT2D eigenvalue weighted by Crippen LogP contribution is 2.19. The number of hydrogen-bond donors (Lipinski definition) is 2. The van der Waals surface area contributed by atoms with E-state index < -0.39 is 10.0 Å². The van der Waals surface area contributed by atoms with E-state index >= 15 is 0 Å². The Bertz CT molecular complexity index is 507. The van der Waals surface area contributed by atoms with Crippen molar-refractivity contribution in [2.24, 2.45) is 0 Å². The molecule has 1 aliphatic rings. The van der Waals surface area contributed by atoms with Gasteiger partial charge in [-0.1, -0.05) is 24.3 Å². The zero-order chi connectivity index (χ0) is 13.9. The molecule has 2 N–H and O–H groups in total. The number of hydrogen-bond acceptors (Lipinski definition) is 4. The van der Waals surface area contributed by atoms with Crippen molar-refractivity contribution in [2.45, 2.75) is 31.2 Å². The summed E-state index contributed by atoms with van der Waals surface area (Å²) in [7, 11) is 0.0117. The standard InChI is InChI=1S/C13H21N3O2S/c1-16(2)15-19(17,18)10-12-5-3-11(4-6-12)9-14-13-7-8-13/h3-6,13-15H,7-10H2,1-2H3. The molecule has 1 aliphatic carbocycles. The lowest BCUT2D eigenvalue weighted by Gasteiger charge is -2.12. The first-order valence-electron chi connectivity index (χ1n) is 6.43. The van der Waals surface area contributed by atoms with E-state index in [0.29, 0.717) is 6.04 Å². The van der Waals surface area contributed by atoms with E-state index in [9.17, 15) is 8.42 Å². The van der Waals surface area contributed by atoms with E-state index in [0.717, 1.165) is 12.1 Å². The highest BCUT2D eigenvalue weighted by atomic mass is 32.2. The van der Waals surface area contributed by atoms with Crippen LogP contribution >= 0.6 is 0 Å². The third-order valence-electron chi connectivity index (χ3n) is 2.87. The number of hydrazine groups is 1. The molecule has 0 amide bonds. The van der Waals surface area contributed by atoms with Crippen molar-refractivity contribution in [1.29, 1.82) is 0 Å². The molecule has 1 aromatic carbocycles. The molecule has 1 fully saturated rings. The van der Waals surface area contributed by atoms with E-state index in [4.69, 9.17) is 0 Å². The maximum atomic E-state index is 11.8. The van der Waals surface area contributed by atoms with Crippen LogP contribution < -0.4 is 10.1 Å². The Morgan fingerprint density at radius 3 is 2.26 bits per heavy atom. The van der Waals surface area contributed by atoms with Crippen molar-refractivity contribution < 1.29 is 8.42 Å². The first-order chi connectivity index (χ1) is 8.94. The predicted molar refractivity (Wildman–Crippen MR) is 75.8 cm³/mol. The molecule has 0 aromatic heterocycles. The van der Waals surface area contributed by atoms with Crippen LogP contribution in [0.5, 0.6) is 0 Å². The summed E-state index contributed by atoms with van der Waals surface area (Å²) in [6.45, 7) is 0.855. The minimum atomic E-state index is -3.30. The lowest BCUT2D eigenvalue weighted by molar-refractivity contribution is 0.363. The van der Waals surface area contributed by atoms with Crippen molar-refractivity contribution >= 4 is 10.0 Å². The Morgan fingerprint density at radius 2 is 1.74 bits per heavy atom. The van der Waals surface area contributed by atoms with Crippen LogP contribution in [0.3, 0.4) is 0 Å². The van der Waals surface area contributed by atoms with Gasteiger partial charge in [0.15, 0.2) is 0 Å². The molecule has 6 heteroatoms. The number of nitrogens with zero attached hydrogens (tertiary/aromatic N) is 1. The molecule has 0 aliphatic heterocycles. The molecular formula is C13H21N3O2S. The van der Waals surface area contributed by atoms with Gasteiger partial charge < -0.3 is 5.32 Å². The van der Waals surface area contributed by atoms with Gasteiger partial charge in [-0.05, 0) is 24.0 Å². The minimum absolute atomic E-state index is 0.00150. The van der Waals surface area contributed by atoms with Crippen LogP contribution in [-0.2, 0) is 22.3 Å². The molecule has 106 valence electrons. The zero-order valence-electron chi connectivity index (χ0n) is 11.4. The van der Waals surface area contributed by atoms with Crippen molar-refractivity contribution in [3.63, 3.8) is 0 Å². The van der Waals surface area contributed by atoms with Crippen LogP contribution in [-0.4, -0.2) is 33.6 Å². The first-order valence-corrected chi connectivity index (χ1v) is 8.08. The van der Waals surface area contributed by atoms with E-state index in [2.05, 4.69) is 10.1 Å². The van der Waals surface area contributed by atoms with Crippen LogP contribution in [0.2, 0.25) is 0 Å². The first kappa shape index (κ1) is 14.5. The smallest absolute Gasteiger partial charge is 0.228 e. The molecule has 5 nitrogen and oxygen atoms in total. The lowest BCUT2D eigenvalue weighted by Crippen LogP contribution is -2.36. The van der Waals surface area contributed by atoms with Gasteiger partial charge in [0.1, 0.15) is 0 Å². The van der Waals surface area contributed by atoms with E-state index in [1.807, 2.05) is 24.3 Å². The van der Waals surface area contributed by atoms with Gasteiger partial charge in [0, 0.05) is 26.7 Å². The lowest BCUT2D eigenvalue weighted by atomic mass is 10.1. The fourth-order valence-corrected chi connectivity index (χ4v) is 3.09. The number of benzene rings is 1. The average molecular weight is 283 g/mol. The molecule has 1 aromatic rings. The SMILES string of the molecule is CN(C)NS(=O)(=O)Cc1ccc(CNC2CC2)cc1. The number of rotatable bonds is 7. The van der Waals surface area contributed by atoms with E-state index in [-0.39, 0.29) is 5.75 Å². The predicted octanol–water partition coefficient (Wildman–Crippen LogP) is 0.835. The average Bonchev–Trinajstić information content (AvgIpc) is 3.09. The maximum Gasteiger partial charge on any atom is 0.228 e. The van der Waals surface area contributed by atoms with Gasteiger partial charge in [0.2, 0.25) is 10.0 Å². The molecule has 19 heavy (non-hydrogen) atoms. The van der Waals surface area contributed by atoms with Crippen LogP contribution in [0.4, 0.5) is 0 Å². The summed E-state index contributed by atoms with van der Waals surface area (Å²) < 4.78 is 23.5. The van der Waals surface area contributed by atoms with Crippen LogP contribution in [0.1, 0.15) is 24.0 Å². The largest absolute Gasteiger partial charge is 0.310 e. The van der Waals surface area contributed by atoms with Gasteiger partial charge in [0.25, 0.3) is 0 Å². The summed E-state index contributed by atoms with van der Waals surface area (Å²) in [6, 6.07) is 8.40. The van der Waals surface area contributed by atoms with Gasteiger partial charge in [-0.15, -0.1) is 4.83 Å². The summed E-state index contributed by atoms with van der Waals surface area (Å²) in [5.41, 5.74) is 1.98. The van der Waals surface area contributed by atoms with E-state index in [1.54, 1.807) is 14.1 Å². The fourth-order valence-electron chi connectivity index (χ4n) is 1.83. The zero-order valence-corrected chi connectivity index (χ0v) is 12.2. The Hall–Kier alpha value is -0.950. The summed E-state index contributed by atoms with van der Waals surface area (Å²) in [6.07, 6.45) is 2.54. The molecule has 0 unspecified atom stereocenters. The molecule has 0 saturated heterocycles. The molecule has 0 radical (unpaired) electrons. The maximum absolute atomic E-state index is 11.8. The summed E-state index contributed by atoms with van der Waals surface area (Å²) >= 11 is 0. The third kappa shape index (κ3) is 5.28.